The average molecular weight is 270 g/mol. The van der Waals surface area contributed by atoms with Gasteiger partial charge in [0.2, 0.25) is 0 Å². The Kier molecular flexibility index (Phi) is 4.74. The second-order valence-corrected chi connectivity index (χ2v) is 8.41. The Bertz CT molecular complexity index is 352. The number of hydrogen-bond donors (Lipinski definition) is 0. The van der Waals surface area contributed by atoms with Crippen molar-refractivity contribution in [3.05, 3.63) is 35.0 Å². The lowest BCUT2D eigenvalue weighted by Gasteiger charge is -2.12. The van der Waals surface area contributed by atoms with Crippen LogP contribution in [0.2, 0.25) is 0 Å². The van der Waals surface area contributed by atoms with E-state index in [1.807, 2.05) is 0 Å². The minimum Gasteiger partial charge on any atom is -0.407 e. The molecule has 2 heterocycles. The largest absolute Gasteiger partial charge is 0.407 e. The van der Waals surface area contributed by atoms with Crippen molar-refractivity contribution in [2.24, 2.45) is 0 Å². The van der Waals surface area contributed by atoms with Crippen LogP contribution in [0.5, 0.6) is 0 Å². The summed E-state index contributed by atoms with van der Waals surface area (Å²) in [5, 5.41) is 4.23. The van der Waals surface area contributed by atoms with Crippen LogP contribution in [0.4, 0.5) is 0 Å². The van der Waals surface area contributed by atoms with E-state index < -0.39 is 9.04 Å². The summed E-state index contributed by atoms with van der Waals surface area (Å²) in [6.07, 6.45) is 0. The van der Waals surface area contributed by atoms with Gasteiger partial charge in [-0.05, 0) is 22.9 Å². The van der Waals surface area contributed by atoms with Gasteiger partial charge in [-0.1, -0.05) is 12.1 Å². The monoisotopic (exact) mass is 270 g/mol. The molecule has 0 fully saturated rings. The Morgan fingerprint density at radius 1 is 1.06 bits per heavy atom. The highest BCUT2D eigenvalue weighted by atomic mass is 32.1. The van der Waals surface area contributed by atoms with Gasteiger partial charge < -0.3 is 9.16 Å². The van der Waals surface area contributed by atoms with Gasteiger partial charge in [-0.2, -0.15) is 22.7 Å². The minimum absolute atomic E-state index is 0.667. The zero-order valence-electron chi connectivity index (χ0n) is 9.09. The van der Waals surface area contributed by atoms with Crippen molar-refractivity contribution in [2.45, 2.75) is 0 Å². The predicted molar refractivity (Wildman–Crippen MR) is 72.9 cm³/mol. The van der Waals surface area contributed by atoms with Crippen molar-refractivity contribution in [1.82, 2.24) is 0 Å². The van der Waals surface area contributed by atoms with Gasteiger partial charge >= 0.3 is 0 Å². The van der Waals surface area contributed by atoms with Crippen LogP contribution in [0.15, 0.2) is 35.0 Å². The molecule has 0 saturated carbocycles. The zero-order chi connectivity index (χ0) is 11.2. The molecule has 0 aliphatic carbocycles. The van der Waals surface area contributed by atoms with E-state index in [4.69, 9.17) is 9.16 Å². The number of rotatable bonds is 6. The molecule has 0 aliphatic rings. The van der Waals surface area contributed by atoms with Crippen LogP contribution in [-0.2, 0) is 9.16 Å². The van der Waals surface area contributed by atoms with E-state index in [0.717, 1.165) is 0 Å². The molecule has 0 aromatic carbocycles. The lowest BCUT2D eigenvalue weighted by Crippen LogP contribution is -2.42. The number of ether oxygens (including phenoxy) is 1. The SMILES string of the molecule is COCCO[SiH](c1cccs1)c1cccs1. The molecule has 2 nitrogen and oxygen atoms in total. The molecule has 0 saturated heterocycles. The maximum Gasteiger partial charge on any atom is 0.259 e. The van der Waals surface area contributed by atoms with E-state index in [1.165, 1.54) is 9.00 Å². The molecule has 86 valence electrons. The Morgan fingerprint density at radius 2 is 1.69 bits per heavy atom. The average Bonchev–Trinajstić information content (AvgIpc) is 2.97. The normalized spacial score (nSPS) is 11.1. The lowest BCUT2D eigenvalue weighted by molar-refractivity contribution is 0.148. The van der Waals surface area contributed by atoms with Crippen molar-refractivity contribution < 1.29 is 9.16 Å². The summed E-state index contributed by atoms with van der Waals surface area (Å²) in [6, 6.07) is 8.53. The minimum atomic E-state index is -1.43. The zero-order valence-corrected chi connectivity index (χ0v) is 11.9. The van der Waals surface area contributed by atoms with Crippen LogP contribution in [0.1, 0.15) is 0 Å². The fourth-order valence-corrected chi connectivity index (χ4v) is 6.74. The van der Waals surface area contributed by atoms with Crippen LogP contribution in [0, 0.1) is 0 Å². The summed E-state index contributed by atoms with van der Waals surface area (Å²) in [5.41, 5.74) is 0. The van der Waals surface area contributed by atoms with E-state index in [1.54, 1.807) is 29.8 Å². The summed E-state index contributed by atoms with van der Waals surface area (Å²) < 4.78 is 13.8. The molecule has 2 aromatic rings. The van der Waals surface area contributed by atoms with Gasteiger partial charge in [0.25, 0.3) is 9.04 Å². The van der Waals surface area contributed by atoms with E-state index >= 15 is 0 Å². The van der Waals surface area contributed by atoms with Crippen molar-refractivity contribution in [3.63, 3.8) is 0 Å². The van der Waals surface area contributed by atoms with Crippen molar-refractivity contribution in [3.8, 4) is 0 Å². The summed E-state index contributed by atoms with van der Waals surface area (Å²) in [5.74, 6) is 0. The van der Waals surface area contributed by atoms with Crippen molar-refractivity contribution in [2.75, 3.05) is 20.3 Å². The van der Waals surface area contributed by atoms with Gasteiger partial charge in [0.15, 0.2) is 0 Å². The van der Waals surface area contributed by atoms with Crippen LogP contribution >= 0.6 is 22.7 Å². The molecule has 2 aromatic heterocycles. The topological polar surface area (TPSA) is 18.5 Å². The van der Waals surface area contributed by atoms with Crippen LogP contribution in [-0.4, -0.2) is 29.4 Å². The van der Waals surface area contributed by atoms with Crippen LogP contribution < -0.4 is 9.00 Å². The van der Waals surface area contributed by atoms with Crippen LogP contribution in [0.25, 0.3) is 0 Å². The standard InChI is InChI=1S/C11H14O2S2Si/c1-12-6-7-13-16(10-4-2-8-14-10)11-5-3-9-15-11/h2-5,8-9,16H,6-7H2,1H3. The maximum atomic E-state index is 6.01. The van der Waals surface area contributed by atoms with E-state index in [0.29, 0.717) is 13.2 Å². The fraction of sp³-hybridized carbons (Fsp3) is 0.273. The first-order valence-corrected chi connectivity index (χ1v) is 8.47. The first kappa shape index (κ1) is 12.0. The van der Waals surface area contributed by atoms with E-state index in [2.05, 4.69) is 35.0 Å². The Hall–Kier alpha value is -0.463. The van der Waals surface area contributed by atoms with Crippen LogP contribution in [0.3, 0.4) is 0 Å². The Morgan fingerprint density at radius 3 is 2.12 bits per heavy atom. The smallest absolute Gasteiger partial charge is 0.259 e. The van der Waals surface area contributed by atoms with Gasteiger partial charge in [-0.3, -0.25) is 0 Å². The second-order valence-electron chi connectivity index (χ2n) is 3.27. The first-order valence-electron chi connectivity index (χ1n) is 5.09. The highest BCUT2D eigenvalue weighted by molar-refractivity contribution is 7.29. The van der Waals surface area contributed by atoms with E-state index in [9.17, 15) is 0 Å². The fourth-order valence-electron chi connectivity index (χ4n) is 1.43. The van der Waals surface area contributed by atoms with Gasteiger partial charge in [0, 0.05) is 16.1 Å². The highest BCUT2D eigenvalue weighted by Crippen LogP contribution is 2.03. The molecule has 0 radical (unpaired) electrons. The van der Waals surface area contributed by atoms with Gasteiger partial charge in [0.1, 0.15) is 0 Å². The molecular weight excluding hydrogens is 256 g/mol. The van der Waals surface area contributed by atoms with Gasteiger partial charge in [-0.25, -0.2) is 0 Å². The van der Waals surface area contributed by atoms with Crippen molar-refractivity contribution >= 4 is 40.7 Å². The van der Waals surface area contributed by atoms with Gasteiger partial charge in [-0.15, -0.1) is 0 Å². The number of methoxy groups -OCH3 is 1. The maximum absolute atomic E-state index is 6.01. The summed E-state index contributed by atoms with van der Waals surface area (Å²) >= 11 is 3.58. The molecule has 0 N–H and O–H groups in total. The molecule has 2 rings (SSSR count). The molecule has 0 bridgehead atoms. The number of hydrogen-bond acceptors (Lipinski definition) is 4. The molecular formula is C11H14O2S2Si. The van der Waals surface area contributed by atoms with E-state index in [-0.39, 0.29) is 0 Å². The highest BCUT2D eigenvalue weighted by Gasteiger charge is 2.19. The number of thiophene rings is 2. The Labute approximate surface area is 105 Å². The second kappa shape index (κ2) is 6.32. The lowest BCUT2D eigenvalue weighted by atomic mass is 10.7. The molecule has 0 atom stereocenters. The van der Waals surface area contributed by atoms with Gasteiger partial charge in [0.05, 0.1) is 13.2 Å². The first-order chi connectivity index (χ1) is 7.92. The third kappa shape index (κ3) is 3.02. The molecule has 0 spiro atoms. The Balaban J connectivity index is 2.08. The molecule has 0 amide bonds. The van der Waals surface area contributed by atoms with Crippen molar-refractivity contribution in [1.29, 1.82) is 0 Å². The molecule has 0 aliphatic heterocycles. The molecule has 16 heavy (non-hydrogen) atoms. The quantitative estimate of drug-likeness (QED) is 0.582. The predicted octanol–water partition coefficient (Wildman–Crippen LogP) is 1.31. The summed E-state index contributed by atoms with van der Waals surface area (Å²) in [4.78, 5) is 0. The molecule has 0 unspecified atom stereocenters. The third-order valence-electron chi connectivity index (χ3n) is 2.18. The summed E-state index contributed by atoms with van der Waals surface area (Å²) in [7, 11) is 0.277. The summed E-state index contributed by atoms with van der Waals surface area (Å²) in [6.45, 7) is 1.35. The third-order valence-corrected chi connectivity index (χ3v) is 7.67. The molecule has 5 heteroatoms.